The van der Waals surface area contributed by atoms with Gasteiger partial charge in [-0.1, -0.05) is 6.07 Å². The molecule has 3 rings (SSSR count). The minimum Gasteiger partial charge on any atom is -0.387 e. The number of aryl methyl sites for hydroxylation is 1. The molecule has 0 saturated heterocycles. The molecule has 1 saturated carbocycles. The molecular formula is C13H17N3O. The lowest BCUT2D eigenvalue weighted by Crippen LogP contribution is -2.11. The first kappa shape index (κ1) is 10.7. The molecule has 3 N–H and O–H groups in total. The van der Waals surface area contributed by atoms with E-state index in [1.54, 1.807) is 0 Å². The minimum absolute atomic E-state index is 0.252. The summed E-state index contributed by atoms with van der Waals surface area (Å²) in [5.74, 6) is 1.06. The molecule has 1 unspecified atom stereocenters. The summed E-state index contributed by atoms with van der Waals surface area (Å²) in [6.07, 6.45) is 1.88. The van der Waals surface area contributed by atoms with Gasteiger partial charge in [-0.3, -0.25) is 0 Å². The van der Waals surface area contributed by atoms with Crippen LogP contribution in [0.5, 0.6) is 0 Å². The van der Waals surface area contributed by atoms with Crippen LogP contribution in [0.2, 0.25) is 0 Å². The van der Waals surface area contributed by atoms with Crippen LogP contribution in [-0.2, 0) is 0 Å². The van der Waals surface area contributed by atoms with Crippen molar-refractivity contribution < 1.29 is 5.11 Å². The van der Waals surface area contributed by atoms with Crippen molar-refractivity contribution in [3.05, 3.63) is 29.6 Å². The summed E-state index contributed by atoms with van der Waals surface area (Å²) in [6, 6.07) is 6.50. The molecule has 4 heteroatoms. The highest BCUT2D eigenvalue weighted by atomic mass is 16.3. The monoisotopic (exact) mass is 231 g/mol. The van der Waals surface area contributed by atoms with E-state index in [2.05, 4.69) is 9.55 Å². The quantitative estimate of drug-likeness (QED) is 0.844. The topological polar surface area (TPSA) is 64.1 Å². The first-order valence-electron chi connectivity index (χ1n) is 6.07. The summed E-state index contributed by atoms with van der Waals surface area (Å²) in [5.41, 5.74) is 8.49. The standard InChI is InChI=1S/C13H17N3O/c1-8-15-11-5-2-9(13(17)7-14)6-12(11)16(8)10-3-4-10/h2,5-6,10,13,17H,3-4,7,14H2,1H3. The van der Waals surface area contributed by atoms with Crippen LogP contribution >= 0.6 is 0 Å². The molecule has 1 atom stereocenters. The van der Waals surface area contributed by atoms with E-state index in [-0.39, 0.29) is 6.54 Å². The van der Waals surface area contributed by atoms with Gasteiger partial charge in [0, 0.05) is 12.6 Å². The molecule has 0 amide bonds. The molecule has 1 heterocycles. The van der Waals surface area contributed by atoms with E-state index in [1.165, 1.54) is 12.8 Å². The molecule has 2 aromatic rings. The normalized spacial score (nSPS) is 17.6. The number of nitrogens with two attached hydrogens (primary N) is 1. The van der Waals surface area contributed by atoms with Crippen LogP contribution in [-0.4, -0.2) is 21.2 Å². The molecule has 1 fully saturated rings. The second-order valence-corrected chi connectivity index (χ2v) is 4.76. The number of hydrogen-bond acceptors (Lipinski definition) is 3. The van der Waals surface area contributed by atoms with Crippen LogP contribution in [0.15, 0.2) is 18.2 Å². The van der Waals surface area contributed by atoms with Gasteiger partial charge >= 0.3 is 0 Å². The maximum atomic E-state index is 9.79. The van der Waals surface area contributed by atoms with Crippen molar-refractivity contribution in [2.24, 2.45) is 5.73 Å². The van der Waals surface area contributed by atoms with Gasteiger partial charge in [-0.25, -0.2) is 4.98 Å². The maximum Gasteiger partial charge on any atom is 0.106 e. The van der Waals surface area contributed by atoms with Gasteiger partial charge in [0.1, 0.15) is 5.82 Å². The molecule has 0 spiro atoms. The lowest BCUT2D eigenvalue weighted by molar-refractivity contribution is 0.187. The third-order valence-electron chi connectivity index (χ3n) is 3.41. The Hall–Kier alpha value is -1.39. The first-order chi connectivity index (χ1) is 8.20. The zero-order valence-corrected chi connectivity index (χ0v) is 9.93. The van der Waals surface area contributed by atoms with Gasteiger partial charge in [-0.15, -0.1) is 0 Å². The van der Waals surface area contributed by atoms with E-state index in [9.17, 15) is 5.11 Å². The summed E-state index contributed by atoms with van der Waals surface area (Å²) in [7, 11) is 0. The highest BCUT2D eigenvalue weighted by Crippen LogP contribution is 2.38. The number of fused-ring (bicyclic) bond motifs is 1. The number of rotatable bonds is 3. The zero-order chi connectivity index (χ0) is 12.0. The number of nitrogens with zero attached hydrogens (tertiary/aromatic N) is 2. The van der Waals surface area contributed by atoms with Crippen LogP contribution in [0.1, 0.15) is 36.4 Å². The van der Waals surface area contributed by atoms with Crippen molar-refractivity contribution in [2.75, 3.05) is 6.54 Å². The van der Waals surface area contributed by atoms with Crippen molar-refractivity contribution in [1.82, 2.24) is 9.55 Å². The van der Waals surface area contributed by atoms with Crippen LogP contribution in [0.4, 0.5) is 0 Å². The molecule has 17 heavy (non-hydrogen) atoms. The molecule has 1 aliphatic rings. The van der Waals surface area contributed by atoms with Crippen LogP contribution in [0, 0.1) is 6.92 Å². The van der Waals surface area contributed by atoms with Crippen LogP contribution < -0.4 is 5.73 Å². The van der Waals surface area contributed by atoms with Gasteiger partial charge in [-0.2, -0.15) is 0 Å². The Bertz CT molecular complexity index is 557. The first-order valence-corrected chi connectivity index (χ1v) is 6.07. The van der Waals surface area contributed by atoms with Crippen LogP contribution in [0.3, 0.4) is 0 Å². The van der Waals surface area contributed by atoms with Gasteiger partial charge in [0.05, 0.1) is 17.1 Å². The van der Waals surface area contributed by atoms with Crippen molar-refractivity contribution in [2.45, 2.75) is 31.9 Å². The molecule has 0 aliphatic heterocycles. The molecule has 0 radical (unpaired) electrons. The average molecular weight is 231 g/mol. The fraction of sp³-hybridized carbons (Fsp3) is 0.462. The van der Waals surface area contributed by atoms with Crippen molar-refractivity contribution in [1.29, 1.82) is 0 Å². The van der Waals surface area contributed by atoms with Crippen molar-refractivity contribution in [3.8, 4) is 0 Å². The summed E-state index contributed by atoms with van der Waals surface area (Å²) in [6.45, 7) is 2.29. The van der Waals surface area contributed by atoms with Crippen LogP contribution in [0.25, 0.3) is 11.0 Å². The third-order valence-corrected chi connectivity index (χ3v) is 3.41. The fourth-order valence-corrected chi connectivity index (χ4v) is 2.37. The lowest BCUT2D eigenvalue weighted by Gasteiger charge is -2.09. The lowest BCUT2D eigenvalue weighted by atomic mass is 10.1. The van der Waals surface area contributed by atoms with Gasteiger partial charge < -0.3 is 15.4 Å². The molecule has 90 valence electrons. The van der Waals surface area contributed by atoms with E-state index >= 15 is 0 Å². The maximum absolute atomic E-state index is 9.79. The Labute approximate surface area is 100 Å². The second kappa shape index (κ2) is 3.82. The Balaban J connectivity index is 2.16. The Morgan fingerprint density at radius 3 is 2.94 bits per heavy atom. The van der Waals surface area contributed by atoms with E-state index in [1.807, 2.05) is 25.1 Å². The van der Waals surface area contributed by atoms with E-state index in [0.29, 0.717) is 6.04 Å². The van der Waals surface area contributed by atoms with Gasteiger partial charge in [-0.05, 0) is 37.5 Å². The SMILES string of the molecule is Cc1nc2ccc(C(O)CN)cc2n1C1CC1. The van der Waals surface area contributed by atoms with E-state index in [4.69, 9.17) is 5.73 Å². The smallest absolute Gasteiger partial charge is 0.106 e. The molecule has 4 nitrogen and oxygen atoms in total. The minimum atomic E-state index is -0.581. The molecular weight excluding hydrogens is 214 g/mol. The fourth-order valence-electron chi connectivity index (χ4n) is 2.37. The van der Waals surface area contributed by atoms with Crippen molar-refractivity contribution >= 4 is 11.0 Å². The van der Waals surface area contributed by atoms with E-state index in [0.717, 1.165) is 22.4 Å². The van der Waals surface area contributed by atoms with E-state index < -0.39 is 6.10 Å². The average Bonchev–Trinajstić information content (AvgIpc) is 3.10. The van der Waals surface area contributed by atoms with Gasteiger partial charge in [0.15, 0.2) is 0 Å². The predicted molar refractivity (Wildman–Crippen MR) is 66.8 cm³/mol. The molecule has 1 aliphatic carbocycles. The molecule has 1 aromatic heterocycles. The summed E-state index contributed by atoms with van der Waals surface area (Å²) >= 11 is 0. The highest BCUT2D eigenvalue weighted by Gasteiger charge is 2.27. The second-order valence-electron chi connectivity index (χ2n) is 4.76. The Morgan fingerprint density at radius 1 is 1.53 bits per heavy atom. The highest BCUT2D eigenvalue weighted by molar-refractivity contribution is 5.77. The molecule has 1 aromatic carbocycles. The number of hydrogen-bond donors (Lipinski definition) is 2. The van der Waals surface area contributed by atoms with Crippen molar-refractivity contribution in [3.63, 3.8) is 0 Å². The summed E-state index contributed by atoms with van der Waals surface area (Å²) in [4.78, 5) is 4.55. The summed E-state index contributed by atoms with van der Waals surface area (Å²) in [5, 5.41) is 9.79. The Kier molecular flexibility index (Phi) is 2.42. The Morgan fingerprint density at radius 2 is 2.29 bits per heavy atom. The number of benzene rings is 1. The predicted octanol–water partition coefficient (Wildman–Crippen LogP) is 1.67. The molecule has 0 bridgehead atoms. The summed E-state index contributed by atoms with van der Waals surface area (Å²) < 4.78 is 2.28. The number of aliphatic hydroxyl groups excluding tert-OH is 1. The zero-order valence-electron chi connectivity index (χ0n) is 9.93. The third kappa shape index (κ3) is 1.73. The largest absolute Gasteiger partial charge is 0.387 e. The van der Waals surface area contributed by atoms with Gasteiger partial charge in [0.2, 0.25) is 0 Å². The number of imidazole rings is 1. The van der Waals surface area contributed by atoms with Gasteiger partial charge in [0.25, 0.3) is 0 Å². The number of aromatic nitrogens is 2. The number of aliphatic hydroxyl groups is 1.